The molecule has 21 heavy (non-hydrogen) atoms. The van der Waals surface area contributed by atoms with Crippen molar-refractivity contribution in [3.05, 3.63) is 35.1 Å². The summed E-state index contributed by atoms with van der Waals surface area (Å²) >= 11 is 0. The van der Waals surface area contributed by atoms with Crippen LogP contribution in [0.1, 0.15) is 28.8 Å². The number of ether oxygens (including phenoxy) is 1. The highest BCUT2D eigenvalue weighted by Gasteiger charge is 2.37. The number of nitrogens with zero attached hydrogens (tertiary/aromatic N) is 1. The summed E-state index contributed by atoms with van der Waals surface area (Å²) < 4.78 is 57.0. The molecule has 2 rings (SSSR count). The summed E-state index contributed by atoms with van der Waals surface area (Å²) in [6.45, 7) is 0.675. The molecule has 1 atom stereocenters. The minimum atomic E-state index is -4.82. The van der Waals surface area contributed by atoms with Crippen LogP contribution in [0.25, 0.3) is 0 Å². The number of benzene rings is 1. The molecule has 1 aromatic rings. The van der Waals surface area contributed by atoms with Crippen LogP contribution in [-0.4, -0.2) is 37.1 Å². The summed E-state index contributed by atoms with van der Waals surface area (Å²) in [7, 11) is 1.48. The summed E-state index contributed by atoms with van der Waals surface area (Å²) in [4.78, 5) is 13.7. The minimum absolute atomic E-state index is 0.226. The van der Waals surface area contributed by atoms with Crippen molar-refractivity contribution in [2.24, 2.45) is 0 Å². The molecule has 3 nitrogen and oxygen atoms in total. The van der Waals surface area contributed by atoms with Crippen molar-refractivity contribution in [2.45, 2.75) is 25.1 Å². The number of hydrogen-bond donors (Lipinski definition) is 0. The van der Waals surface area contributed by atoms with E-state index in [2.05, 4.69) is 0 Å². The third-order valence-electron chi connectivity index (χ3n) is 3.53. The molecule has 0 N–H and O–H groups in total. The van der Waals surface area contributed by atoms with E-state index >= 15 is 0 Å². The molecule has 116 valence electrons. The number of alkyl halides is 3. The Kier molecular flexibility index (Phi) is 4.51. The van der Waals surface area contributed by atoms with E-state index in [1.165, 1.54) is 12.0 Å². The van der Waals surface area contributed by atoms with Crippen molar-refractivity contribution in [1.82, 2.24) is 4.90 Å². The van der Waals surface area contributed by atoms with E-state index in [1.807, 2.05) is 0 Å². The number of hydrogen-bond acceptors (Lipinski definition) is 2. The Bertz CT molecular complexity index is 530. The van der Waals surface area contributed by atoms with Crippen LogP contribution < -0.4 is 0 Å². The Hall–Kier alpha value is -1.63. The fraction of sp³-hybridized carbons (Fsp3) is 0.500. The highest BCUT2D eigenvalue weighted by atomic mass is 19.4. The average molecular weight is 305 g/mol. The van der Waals surface area contributed by atoms with Gasteiger partial charge in [-0.3, -0.25) is 4.79 Å². The Morgan fingerprint density at radius 2 is 2.14 bits per heavy atom. The lowest BCUT2D eigenvalue weighted by molar-refractivity contribution is -0.140. The van der Waals surface area contributed by atoms with Gasteiger partial charge in [0.05, 0.1) is 23.8 Å². The first-order valence-corrected chi connectivity index (χ1v) is 6.52. The maximum Gasteiger partial charge on any atom is 0.419 e. The number of halogens is 4. The lowest BCUT2D eigenvalue weighted by atomic mass is 10.1. The molecule has 1 aromatic carbocycles. The zero-order valence-corrected chi connectivity index (χ0v) is 11.4. The molecule has 1 heterocycles. The van der Waals surface area contributed by atoms with Crippen LogP contribution in [0.4, 0.5) is 17.6 Å². The topological polar surface area (TPSA) is 29.5 Å². The quantitative estimate of drug-likeness (QED) is 0.803. The van der Waals surface area contributed by atoms with Gasteiger partial charge in [0.25, 0.3) is 5.91 Å². The molecule has 0 bridgehead atoms. The summed E-state index contributed by atoms with van der Waals surface area (Å²) in [6.07, 6.45) is -3.40. The van der Waals surface area contributed by atoms with Gasteiger partial charge in [-0.2, -0.15) is 13.2 Å². The van der Waals surface area contributed by atoms with Crippen LogP contribution >= 0.6 is 0 Å². The molecule has 1 aliphatic rings. The average Bonchev–Trinajstić information content (AvgIpc) is 2.85. The van der Waals surface area contributed by atoms with Crippen LogP contribution in [-0.2, 0) is 10.9 Å². The third kappa shape index (κ3) is 3.18. The van der Waals surface area contributed by atoms with Gasteiger partial charge in [-0.1, -0.05) is 6.07 Å². The van der Waals surface area contributed by atoms with Crippen molar-refractivity contribution in [1.29, 1.82) is 0 Å². The lowest BCUT2D eigenvalue weighted by Crippen LogP contribution is -2.38. The van der Waals surface area contributed by atoms with Crippen LogP contribution in [0.3, 0.4) is 0 Å². The Morgan fingerprint density at radius 1 is 1.43 bits per heavy atom. The summed E-state index contributed by atoms with van der Waals surface area (Å²) in [5, 5.41) is 0. The van der Waals surface area contributed by atoms with Gasteiger partial charge >= 0.3 is 6.18 Å². The molecule has 7 heteroatoms. The monoisotopic (exact) mass is 305 g/mol. The highest BCUT2D eigenvalue weighted by molar-refractivity contribution is 5.95. The number of likely N-dealkylation sites (tertiary alicyclic amines) is 1. The van der Waals surface area contributed by atoms with Gasteiger partial charge in [-0.05, 0) is 25.0 Å². The molecule has 0 unspecified atom stereocenters. The molecule has 0 spiro atoms. The molecule has 0 aromatic heterocycles. The largest absolute Gasteiger partial charge is 0.419 e. The zero-order valence-electron chi connectivity index (χ0n) is 11.4. The number of carbonyl (C=O) groups excluding carboxylic acids is 1. The molecule has 1 fully saturated rings. The van der Waals surface area contributed by atoms with E-state index in [9.17, 15) is 22.4 Å². The molecule has 1 amide bonds. The lowest BCUT2D eigenvalue weighted by Gasteiger charge is -2.24. The van der Waals surface area contributed by atoms with Crippen LogP contribution in [0.5, 0.6) is 0 Å². The molecule has 0 radical (unpaired) electrons. The number of rotatable bonds is 3. The van der Waals surface area contributed by atoms with E-state index in [0.717, 1.165) is 18.6 Å². The van der Waals surface area contributed by atoms with E-state index in [0.29, 0.717) is 19.0 Å². The van der Waals surface area contributed by atoms with Gasteiger partial charge in [0, 0.05) is 13.7 Å². The van der Waals surface area contributed by atoms with Gasteiger partial charge in [-0.15, -0.1) is 0 Å². The Balaban J connectivity index is 2.32. The highest BCUT2D eigenvalue weighted by Crippen LogP contribution is 2.33. The van der Waals surface area contributed by atoms with Crippen molar-refractivity contribution < 1.29 is 27.1 Å². The van der Waals surface area contributed by atoms with Crippen molar-refractivity contribution in [3.63, 3.8) is 0 Å². The number of amides is 1. The fourth-order valence-corrected chi connectivity index (χ4v) is 2.54. The minimum Gasteiger partial charge on any atom is -0.383 e. The second kappa shape index (κ2) is 6.01. The van der Waals surface area contributed by atoms with E-state index < -0.39 is 29.0 Å². The first-order valence-electron chi connectivity index (χ1n) is 6.52. The van der Waals surface area contributed by atoms with Gasteiger partial charge in [0.1, 0.15) is 5.82 Å². The number of methoxy groups -OCH3 is 1. The molecule has 1 aliphatic heterocycles. The summed E-state index contributed by atoms with van der Waals surface area (Å²) in [5.74, 6) is -2.24. The van der Waals surface area contributed by atoms with Crippen molar-refractivity contribution >= 4 is 5.91 Å². The summed E-state index contributed by atoms with van der Waals surface area (Å²) in [6, 6.07) is 2.52. The SMILES string of the molecule is COC[C@H]1CCCN1C(=O)c1cccc(C(F)(F)F)c1F. The standard InChI is InChI=1S/C14H15F4NO2/c1-21-8-9-4-3-7-19(9)13(20)10-5-2-6-11(12(10)15)14(16,17)18/h2,5-6,9H,3-4,7-8H2,1H3/t9-/m1/s1. The van der Waals surface area contributed by atoms with Crippen LogP contribution in [0.2, 0.25) is 0 Å². The first kappa shape index (κ1) is 15.8. The van der Waals surface area contributed by atoms with E-state index in [1.54, 1.807) is 0 Å². The molecule has 0 aliphatic carbocycles. The van der Waals surface area contributed by atoms with Gasteiger partial charge in [-0.25, -0.2) is 4.39 Å². The van der Waals surface area contributed by atoms with Crippen LogP contribution in [0.15, 0.2) is 18.2 Å². The Labute approximate surface area is 119 Å². The smallest absolute Gasteiger partial charge is 0.383 e. The summed E-state index contributed by atoms with van der Waals surface area (Å²) in [5.41, 5.74) is -1.97. The second-order valence-corrected chi connectivity index (χ2v) is 4.91. The maximum atomic E-state index is 14.0. The van der Waals surface area contributed by atoms with E-state index in [-0.39, 0.29) is 12.6 Å². The predicted molar refractivity (Wildman–Crippen MR) is 67.3 cm³/mol. The van der Waals surface area contributed by atoms with Gasteiger partial charge in [0.2, 0.25) is 0 Å². The predicted octanol–water partition coefficient (Wildman–Crippen LogP) is 3.10. The van der Waals surface area contributed by atoms with Gasteiger partial charge < -0.3 is 9.64 Å². The first-order chi connectivity index (χ1) is 9.86. The van der Waals surface area contributed by atoms with Crippen molar-refractivity contribution in [2.75, 3.05) is 20.3 Å². The molecule has 0 saturated carbocycles. The second-order valence-electron chi connectivity index (χ2n) is 4.91. The normalized spacial score (nSPS) is 19.1. The van der Waals surface area contributed by atoms with Crippen molar-refractivity contribution in [3.8, 4) is 0 Å². The van der Waals surface area contributed by atoms with E-state index in [4.69, 9.17) is 4.74 Å². The molecule has 1 saturated heterocycles. The number of carbonyl (C=O) groups is 1. The molecular weight excluding hydrogens is 290 g/mol. The Morgan fingerprint density at radius 3 is 2.76 bits per heavy atom. The third-order valence-corrected chi connectivity index (χ3v) is 3.53. The van der Waals surface area contributed by atoms with Crippen LogP contribution in [0, 0.1) is 5.82 Å². The zero-order chi connectivity index (χ0) is 15.6. The maximum absolute atomic E-state index is 14.0. The van der Waals surface area contributed by atoms with Gasteiger partial charge in [0.15, 0.2) is 0 Å². The molecular formula is C14H15F4NO2. The fourth-order valence-electron chi connectivity index (χ4n) is 2.54.